The maximum atomic E-state index is 12.2. The summed E-state index contributed by atoms with van der Waals surface area (Å²) in [5, 5.41) is 3.01. The first-order chi connectivity index (χ1) is 9.84. The first kappa shape index (κ1) is 17.7. The van der Waals surface area contributed by atoms with Crippen molar-refractivity contribution in [1.82, 2.24) is 5.32 Å². The van der Waals surface area contributed by atoms with Crippen LogP contribution < -0.4 is 5.32 Å². The molecular formula is C19H31NO. The molecule has 0 aromatic heterocycles. The van der Waals surface area contributed by atoms with Gasteiger partial charge in [0.05, 0.1) is 0 Å². The Labute approximate surface area is 130 Å². The van der Waals surface area contributed by atoms with Gasteiger partial charge in [-0.2, -0.15) is 0 Å². The van der Waals surface area contributed by atoms with E-state index in [-0.39, 0.29) is 5.91 Å². The van der Waals surface area contributed by atoms with E-state index in [4.69, 9.17) is 0 Å². The van der Waals surface area contributed by atoms with Crippen molar-refractivity contribution < 1.29 is 4.79 Å². The average molecular weight is 289 g/mol. The lowest BCUT2D eigenvalue weighted by atomic mass is 9.81. The average Bonchev–Trinajstić information content (AvgIpc) is 2.37. The normalized spacial score (nSPS) is 11.7. The van der Waals surface area contributed by atoms with E-state index in [0.717, 1.165) is 24.9 Å². The van der Waals surface area contributed by atoms with Gasteiger partial charge in [0.25, 0.3) is 5.91 Å². The predicted molar refractivity (Wildman–Crippen MR) is 90.6 cm³/mol. The molecule has 1 amide bonds. The topological polar surface area (TPSA) is 29.1 Å². The molecule has 2 heteroatoms. The standard InChI is InChI=1S/C19H31NO/c1-6-11-19(4,5)14-16-8-7-9-17(13-16)18(21)20-12-10-15(2)3/h7-9,13,15H,6,10-12,14H2,1-5H3,(H,20,21). The van der Waals surface area contributed by atoms with Gasteiger partial charge in [0.1, 0.15) is 0 Å². The Morgan fingerprint density at radius 3 is 2.62 bits per heavy atom. The summed E-state index contributed by atoms with van der Waals surface area (Å²) < 4.78 is 0. The zero-order valence-corrected chi connectivity index (χ0v) is 14.3. The van der Waals surface area contributed by atoms with E-state index in [0.29, 0.717) is 11.3 Å². The molecule has 1 rings (SSSR count). The Morgan fingerprint density at radius 1 is 1.29 bits per heavy atom. The molecule has 1 N–H and O–H groups in total. The van der Waals surface area contributed by atoms with Gasteiger partial charge in [-0.05, 0) is 48.3 Å². The molecule has 21 heavy (non-hydrogen) atoms. The number of amides is 1. The maximum absolute atomic E-state index is 12.2. The van der Waals surface area contributed by atoms with Crippen LogP contribution in [0.4, 0.5) is 0 Å². The largest absolute Gasteiger partial charge is 0.352 e. The Balaban J connectivity index is 2.65. The van der Waals surface area contributed by atoms with Crippen molar-refractivity contribution in [2.24, 2.45) is 11.3 Å². The molecule has 118 valence electrons. The van der Waals surface area contributed by atoms with Crippen molar-refractivity contribution in [1.29, 1.82) is 0 Å². The van der Waals surface area contributed by atoms with Crippen LogP contribution in [0.3, 0.4) is 0 Å². The van der Waals surface area contributed by atoms with Crippen molar-refractivity contribution in [2.45, 2.75) is 60.3 Å². The minimum atomic E-state index is 0.0470. The molecule has 0 aliphatic carbocycles. The molecule has 2 nitrogen and oxygen atoms in total. The van der Waals surface area contributed by atoms with E-state index in [1.54, 1.807) is 0 Å². The molecule has 0 atom stereocenters. The number of benzene rings is 1. The molecule has 0 aliphatic heterocycles. The summed E-state index contributed by atoms with van der Waals surface area (Å²) in [6, 6.07) is 8.07. The molecule has 0 unspecified atom stereocenters. The fraction of sp³-hybridized carbons (Fsp3) is 0.632. The summed E-state index contributed by atoms with van der Waals surface area (Å²) in [6.45, 7) is 11.9. The number of carbonyl (C=O) groups excluding carboxylic acids is 1. The zero-order chi connectivity index (χ0) is 15.9. The summed E-state index contributed by atoms with van der Waals surface area (Å²) in [7, 11) is 0. The van der Waals surface area contributed by atoms with Gasteiger partial charge in [-0.25, -0.2) is 0 Å². The van der Waals surface area contributed by atoms with Crippen LogP contribution in [0.2, 0.25) is 0 Å². The number of hydrogen-bond acceptors (Lipinski definition) is 1. The highest BCUT2D eigenvalue weighted by molar-refractivity contribution is 5.94. The second kappa shape index (κ2) is 8.21. The van der Waals surface area contributed by atoms with Crippen LogP contribution in [0.5, 0.6) is 0 Å². The smallest absolute Gasteiger partial charge is 0.251 e. The highest BCUT2D eigenvalue weighted by atomic mass is 16.1. The van der Waals surface area contributed by atoms with E-state index in [9.17, 15) is 4.79 Å². The molecule has 0 radical (unpaired) electrons. The van der Waals surface area contributed by atoms with Gasteiger partial charge in [-0.15, -0.1) is 0 Å². The molecule has 0 spiro atoms. The van der Waals surface area contributed by atoms with Crippen LogP contribution >= 0.6 is 0 Å². The SMILES string of the molecule is CCCC(C)(C)Cc1cccc(C(=O)NCCC(C)C)c1. The minimum Gasteiger partial charge on any atom is -0.352 e. The van der Waals surface area contributed by atoms with Crippen LogP contribution in [-0.2, 0) is 6.42 Å². The highest BCUT2D eigenvalue weighted by Crippen LogP contribution is 2.27. The predicted octanol–water partition coefficient (Wildman–Crippen LogP) is 4.83. The summed E-state index contributed by atoms with van der Waals surface area (Å²) in [4.78, 5) is 12.2. The minimum absolute atomic E-state index is 0.0470. The Hall–Kier alpha value is -1.31. The monoisotopic (exact) mass is 289 g/mol. The summed E-state index contributed by atoms with van der Waals surface area (Å²) >= 11 is 0. The van der Waals surface area contributed by atoms with Crippen LogP contribution in [0.15, 0.2) is 24.3 Å². The van der Waals surface area contributed by atoms with Crippen molar-refractivity contribution in [2.75, 3.05) is 6.54 Å². The quantitative estimate of drug-likeness (QED) is 0.729. The number of nitrogens with one attached hydrogen (secondary N) is 1. The van der Waals surface area contributed by atoms with E-state index in [1.165, 1.54) is 18.4 Å². The molecule has 0 aliphatic rings. The summed E-state index contributed by atoms with van der Waals surface area (Å²) in [5.41, 5.74) is 2.33. The third-order valence-electron chi connectivity index (χ3n) is 3.81. The Morgan fingerprint density at radius 2 is 2.00 bits per heavy atom. The lowest BCUT2D eigenvalue weighted by molar-refractivity contribution is 0.0952. The highest BCUT2D eigenvalue weighted by Gasteiger charge is 2.17. The van der Waals surface area contributed by atoms with E-state index in [1.807, 2.05) is 18.2 Å². The van der Waals surface area contributed by atoms with Crippen molar-refractivity contribution >= 4 is 5.91 Å². The van der Waals surface area contributed by atoms with Gasteiger partial charge in [0.15, 0.2) is 0 Å². The van der Waals surface area contributed by atoms with Gasteiger partial charge in [-0.1, -0.05) is 53.2 Å². The van der Waals surface area contributed by atoms with Crippen LogP contribution in [0.1, 0.15) is 69.8 Å². The first-order valence-corrected chi connectivity index (χ1v) is 8.21. The number of carbonyl (C=O) groups is 1. The first-order valence-electron chi connectivity index (χ1n) is 8.21. The second-order valence-corrected chi connectivity index (χ2v) is 7.23. The summed E-state index contributed by atoms with van der Waals surface area (Å²) in [6.07, 6.45) is 4.45. The molecule has 0 saturated heterocycles. The van der Waals surface area contributed by atoms with Crippen molar-refractivity contribution in [3.8, 4) is 0 Å². The van der Waals surface area contributed by atoms with E-state index in [2.05, 4.69) is 46.0 Å². The molecule has 1 aromatic carbocycles. The molecule has 0 heterocycles. The Kier molecular flexibility index (Phi) is 6.94. The molecule has 1 aromatic rings. The second-order valence-electron chi connectivity index (χ2n) is 7.23. The van der Waals surface area contributed by atoms with Crippen LogP contribution in [0, 0.1) is 11.3 Å². The lowest BCUT2D eigenvalue weighted by Gasteiger charge is -2.24. The molecule has 0 bridgehead atoms. The molecule has 0 fully saturated rings. The van der Waals surface area contributed by atoms with Gasteiger partial charge in [0, 0.05) is 12.1 Å². The fourth-order valence-electron chi connectivity index (χ4n) is 2.72. The van der Waals surface area contributed by atoms with Gasteiger partial charge in [0.2, 0.25) is 0 Å². The van der Waals surface area contributed by atoms with Crippen molar-refractivity contribution in [3.05, 3.63) is 35.4 Å². The fourth-order valence-corrected chi connectivity index (χ4v) is 2.72. The van der Waals surface area contributed by atoms with Crippen LogP contribution in [0.25, 0.3) is 0 Å². The molecule has 0 saturated carbocycles. The third-order valence-corrected chi connectivity index (χ3v) is 3.81. The van der Waals surface area contributed by atoms with Crippen LogP contribution in [-0.4, -0.2) is 12.5 Å². The van der Waals surface area contributed by atoms with Gasteiger partial charge >= 0.3 is 0 Å². The number of hydrogen-bond donors (Lipinski definition) is 1. The molecular weight excluding hydrogens is 258 g/mol. The van der Waals surface area contributed by atoms with Gasteiger partial charge < -0.3 is 5.32 Å². The van der Waals surface area contributed by atoms with Crippen molar-refractivity contribution in [3.63, 3.8) is 0 Å². The zero-order valence-electron chi connectivity index (χ0n) is 14.3. The van der Waals surface area contributed by atoms with E-state index >= 15 is 0 Å². The lowest BCUT2D eigenvalue weighted by Crippen LogP contribution is -2.25. The van der Waals surface area contributed by atoms with Gasteiger partial charge in [-0.3, -0.25) is 4.79 Å². The number of rotatable bonds is 8. The maximum Gasteiger partial charge on any atom is 0.251 e. The van der Waals surface area contributed by atoms with E-state index < -0.39 is 0 Å². The summed E-state index contributed by atoms with van der Waals surface area (Å²) in [5.74, 6) is 0.664. The third kappa shape index (κ3) is 6.79. The Bertz CT molecular complexity index is 449.